The standard InChI is InChI=1S/C41H40N4O9/c1-54-35-20-25(22-42-23-34(47)30-12-14-33(46)38-31(30)13-15-36(48)44-38)10-11-32(35)39(50)43-24-37(49)45-18-16-26(17-19-45)27-6-5-9-29(21-27)41(53,40(51)52)28-7-3-2-4-8-28/h2-16,20-21,34,42,46-47,53H,17-19,22-24H2,1H3,(H,43,50)(H,44,48)(H,51,52)/t34-,41-/m0/s1. The molecule has 0 unspecified atom stereocenters. The molecule has 54 heavy (non-hydrogen) atoms. The van der Waals surface area contributed by atoms with Crippen molar-refractivity contribution < 1.29 is 39.5 Å². The lowest BCUT2D eigenvalue weighted by Crippen LogP contribution is -2.42. The van der Waals surface area contributed by atoms with Crippen LogP contribution in [0, 0.1) is 0 Å². The molecule has 13 heteroatoms. The summed E-state index contributed by atoms with van der Waals surface area (Å²) < 4.78 is 5.48. The third kappa shape index (κ3) is 7.88. The molecule has 278 valence electrons. The van der Waals surface area contributed by atoms with Crippen LogP contribution < -0.4 is 20.9 Å². The zero-order chi connectivity index (χ0) is 38.4. The summed E-state index contributed by atoms with van der Waals surface area (Å²) in [5.41, 5.74) is 1.33. The number of hydrogen-bond donors (Lipinski definition) is 7. The Bertz CT molecular complexity index is 2290. The molecule has 0 saturated heterocycles. The fourth-order valence-electron chi connectivity index (χ4n) is 6.60. The minimum Gasteiger partial charge on any atom is -0.506 e. The van der Waals surface area contributed by atoms with Gasteiger partial charge in [-0.05, 0) is 64.6 Å². The number of aliphatic hydroxyl groups is 2. The van der Waals surface area contributed by atoms with Crippen molar-refractivity contribution in [2.75, 3.05) is 33.3 Å². The maximum atomic E-state index is 13.1. The third-order valence-electron chi connectivity index (χ3n) is 9.56. The maximum Gasteiger partial charge on any atom is 0.345 e. The average molecular weight is 733 g/mol. The summed E-state index contributed by atoms with van der Waals surface area (Å²) in [7, 11) is 1.44. The molecule has 13 nitrogen and oxygen atoms in total. The van der Waals surface area contributed by atoms with Gasteiger partial charge in [0.25, 0.3) is 5.91 Å². The lowest BCUT2D eigenvalue weighted by atomic mass is 9.84. The highest BCUT2D eigenvalue weighted by molar-refractivity contribution is 5.99. The van der Waals surface area contributed by atoms with Crippen LogP contribution in [-0.4, -0.2) is 81.4 Å². The average Bonchev–Trinajstić information content (AvgIpc) is 3.20. The van der Waals surface area contributed by atoms with E-state index in [0.29, 0.717) is 42.8 Å². The number of rotatable bonds is 13. The molecule has 0 spiro atoms. The van der Waals surface area contributed by atoms with Gasteiger partial charge in [0.1, 0.15) is 11.5 Å². The number of phenolic OH excluding ortho intramolecular Hbond substituents is 1. The fourth-order valence-corrected chi connectivity index (χ4v) is 6.60. The zero-order valence-corrected chi connectivity index (χ0v) is 29.4. The van der Waals surface area contributed by atoms with Gasteiger partial charge in [-0.25, -0.2) is 4.79 Å². The van der Waals surface area contributed by atoms with E-state index in [9.17, 15) is 39.6 Å². The van der Waals surface area contributed by atoms with E-state index in [-0.39, 0.29) is 52.5 Å². The Labute approximate surface area is 310 Å². The van der Waals surface area contributed by atoms with E-state index in [2.05, 4.69) is 15.6 Å². The van der Waals surface area contributed by atoms with Crippen LogP contribution in [0.4, 0.5) is 0 Å². The van der Waals surface area contributed by atoms with Crippen molar-refractivity contribution in [1.82, 2.24) is 20.5 Å². The molecule has 1 aliphatic rings. The van der Waals surface area contributed by atoms with E-state index in [4.69, 9.17) is 4.74 Å². The number of carboxylic acid groups (broad SMARTS) is 1. The molecule has 0 fully saturated rings. The fraction of sp³-hybridized carbons (Fsp3) is 0.220. The molecular weight excluding hydrogens is 692 g/mol. The number of H-pyrrole nitrogens is 1. The van der Waals surface area contributed by atoms with Gasteiger partial charge >= 0.3 is 5.97 Å². The Morgan fingerprint density at radius 3 is 2.46 bits per heavy atom. The number of benzene rings is 4. The van der Waals surface area contributed by atoms with Crippen LogP contribution in [-0.2, 0) is 21.7 Å². The van der Waals surface area contributed by atoms with Gasteiger partial charge in [0.05, 0.1) is 30.8 Å². The Balaban J connectivity index is 1.02. The zero-order valence-electron chi connectivity index (χ0n) is 29.4. The van der Waals surface area contributed by atoms with Gasteiger partial charge in [0, 0.05) is 43.2 Å². The predicted octanol–water partition coefficient (Wildman–Crippen LogP) is 3.43. The van der Waals surface area contributed by atoms with Crippen LogP contribution >= 0.6 is 0 Å². The lowest BCUT2D eigenvalue weighted by molar-refractivity contribution is -0.155. The molecule has 1 aromatic heterocycles. The summed E-state index contributed by atoms with van der Waals surface area (Å²) in [6.45, 7) is 0.939. The number of aromatic nitrogens is 1. The SMILES string of the molecule is COc1cc(CNC[C@H](O)c2ccc(O)c3[nH]c(=O)ccc23)ccc1C(=O)NCC(=O)N1CC=C(c2cccc([C@](O)(C(=O)O)c3ccccc3)c2)CC1. The Hall–Kier alpha value is -6.28. The predicted molar refractivity (Wildman–Crippen MR) is 201 cm³/mol. The highest BCUT2D eigenvalue weighted by Crippen LogP contribution is 2.33. The van der Waals surface area contributed by atoms with Crippen LogP contribution in [0.3, 0.4) is 0 Å². The van der Waals surface area contributed by atoms with Crippen LogP contribution in [0.1, 0.15) is 50.7 Å². The summed E-state index contributed by atoms with van der Waals surface area (Å²) >= 11 is 0. The molecule has 0 aliphatic carbocycles. The highest BCUT2D eigenvalue weighted by atomic mass is 16.5. The first-order valence-electron chi connectivity index (χ1n) is 17.3. The van der Waals surface area contributed by atoms with Crippen LogP contribution in [0.2, 0.25) is 0 Å². The van der Waals surface area contributed by atoms with Gasteiger partial charge in [-0.1, -0.05) is 66.7 Å². The summed E-state index contributed by atoms with van der Waals surface area (Å²) in [6, 6.07) is 25.9. The van der Waals surface area contributed by atoms with Gasteiger partial charge in [0.2, 0.25) is 17.1 Å². The number of amides is 2. The van der Waals surface area contributed by atoms with Crippen LogP contribution in [0.5, 0.6) is 11.5 Å². The molecule has 0 bridgehead atoms. The van der Waals surface area contributed by atoms with Gasteiger partial charge in [-0.3, -0.25) is 14.4 Å². The van der Waals surface area contributed by atoms with Crippen molar-refractivity contribution in [1.29, 1.82) is 0 Å². The normalized spacial score (nSPS) is 14.5. The summed E-state index contributed by atoms with van der Waals surface area (Å²) in [5.74, 6) is -1.93. The van der Waals surface area contributed by atoms with Gasteiger partial charge in [-0.15, -0.1) is 0 Å². The summed E-state index contributed by atoms with van der Waals surface area (Å²) in [5, 5.41) is 48.6. The number of phenols is 1. The number of aromatic hydroxyl groups is 1. The lowest BCUT2D eigenvalue weighted by Gasteiger charge is -2.28. The van der Waals surface area contributed by atoms with E-state index < -0.39 is 23.6 Å². The number of carbonyl (C=O) groups excluding carboxylic acids is 2. The van der Waals surface area contributed by atoms with Crippen molar-refractivity contribution in [2.24, 2.45) is 0 Å². The van der Waals surface area contributed by atoms with Crippen LogP contribution in [0.25, 0.3) is 16.5 Å². The maximum absolute atomic E-state index is 13.1. The van der Waals surface area contributed by atoms with E-state index >= 15 is 0 Å². The first-order chi connectivity index (χ1) is 26.0. The molecule has 2 atom stereocenters. The molecule has 2 heterocycles. The van der Waals surface area contributed by atoms with Crippen LogP contribution in [0.15, 0.2) is 108 Å². The molecule has 1 aliphatic heterocycles. The van der Waals surface area contributed by atoms with Crippen molar-refractivity contribution in [3.63, 3.8) is 0 Å². The second-order valence-corrected chi connectivity index (χ2v) is 12.9. The number of aromatic amines is 1. The van der Waals surface area contributed by atoms with E-state index in [1.165, 1.54) is 19.2 Å². The summed E-state index contributed by atoms with van der Waals surface area (Å²) in [4.78, 5) is 54.4. The number of aliphatic carboxylic acids is 1. The number of hydrogen-bond acceptors (Lipinski definition) is 9. The molecule has 5 aromatic rings. The monoisotopic (exact) mass is 732 g/mol. The first kappa shape index (κ1) is 37.5. The second-order valence-electron chi connectivity index (χ2n) is 12.9. The van der Waals surface area contributed by atoms with Crippen molar-refractivity contribution in [2.45, 2.75) is 24.7 Å². The number of methoxy groups -OCH3 is 1. The number of fused-ring (bicyclic) bond motifs is 1. The number of pyridine rings is 1. The number of ether oxygens (including phenoxy) is 1. The Morgan fingerprint density at radius 1 is 0.963 bits per heavy atom. The third-order valence-corrected chi connectivity index (χ3v) is 9.56. The number of nitrogens with zero attached hydrogens (tertiary/aromatic N) is 1. The Kier molecular flexibility index (Phi) is 11.2. The number of aliphatic hydroxyl groups excluding tert-OH is 1. The van der Waals surface area contributed by atoms with Crippen molar-refractivity contribution in [3.05, 3.63) is 147 Å². The van der Waals surface area contributed by atoms with Crippen molar-refractivity contribution in [3.8, 4) is 11.5 Å². The van der Waals surface area contributed by atoms with Gasteiger partial charge < -0.3 is 45.7 Å². The summed E-state index contributed by atoms with van der Waals surface area (Å²) in [6.07, 6.45) is 1.43. The largest absolute Gasteiger partial charge is 0.506 e. The second kappa shape index (κ2) is 16.2. The van der Waals surface area contributed by atoms with E-state index in [1.807, 2.05) is 12.1 Å². The van der Waals surface area contributed by atoms with E-state index in [0.717, 1.165) is 16.7 Å². The molecule has 6 rings (SSSR count). The molecular formula is C41H40N4O9. The topological polar surface area (TPSA) is 202 Å². The van der Waals surface area contributed by atoms with Gasteiger partial charge in [-0.2, -0.15) is 0 Å². The molecule has 0 radical (unpaired) electrons. The van der Waals surface area contributed by atoms with Gasteiger partial charge in [0.15, 0.2) is 0 Å². The molecule has 7 N–H and O–H groups in total. The molecule has 4 aromatic carbocycles. The number of carboxylic acids is 1. The van der Waals surface area contributed by atoms with Crippen molar-refractivity contribution >= 4 is 34.3 Å². The quantitative estimate of drug-likeness (QED) is 0.0941. The first-order valence-corrected chi connectivity index (χ1v) is 17.3. The number of nitrogens with one attached hydrogen (secondary N) is 3. The smallest absolute Gasteiger partial charge is 0.345 e. The molecule has 2 amide bonds. The Morgan fingerprint density at radius 2 is 1.74 bits per heavy atom. The minimum atomic E-state index is -2.23. The molecule has 0 saturated carbocycles. The van der Waals surface area contributed by atoms with E-state index in [1.54, 1.807) is 83.8 Å². The highest BCUT2D eigenvalue weighted by Gasteiger charge is 2.40. The number of carbonyl (C=O) groups is 3. The minimum absolute atomic E-state index is 0.0932.